The highest BCUT2D eigenvalue weighted by atomic mass is 16.5. The summed E-state index contributed by atoms with van der Waals surface area (Å²) in [5.41, 5.74) is 2.67. The predicted molar refractivity (Wildman–Crippen MR) is 122 cm³/mol. The molecule has 1 saturated heterocycles. The van der Waals surface area contributed by atoms with E-state index in [1.54, 1.807) is 0 Å². The Labute approximate surface area is 177 Å². The molecule has 0 saturated carbocycles. The minimum absolute atomic E-state index is 0.704. The van der Waals surface area contributed by atoms with Crippen molar-refractivity contribution in [2.75, 3.05) is 59.0 Å². The molecule has 2 rings (SSSR count). The zero-order valence-electron chi connectivity index (χ0n) is 18.8. The van der Waals surface area contributed by atoms with Crippen LogP contribution in [0.15, 0.2) is 29.3 Å². The predicted octanol–water partition coefficient (Wildman–Crippen LogP) is 2.70. The lowest BCUT2D eigenvalue weighted by Gasteiger charge is -2.27. The van der Waals surface area contributed by atoms with Gasteiger partial charge < -0.3 is 20.3 Å². The Balaban J connectivity index is 1.84. The summed E-state index contributed by atoms with van der Waals surface area (Å²) in [4.78, 5) is 9.78. The van der Waals surface area contributed by atoms with E-state index < -0.39 is 0 Å². The van der Waals surface area contributed by atoms with E-state index in [2.05, 4.69) is 65.5 Å². The molecular weight excluding hydrogens is 362 g/mol. The van der Waals surface area contributed by atoms with Crippen molar-refractivity contribution >= 4 is 5.96 Å². The van der Waals surface area contributed by atoms with Gasteiger partial charge in [-0.3, -0.25) is 4.90 Å². The van der Waals surface area contributed by atoms with Crippen molar-refractivity contribution in [1.29, 1.82) is 0 Å². The van der Waals surface area contributed by atoms with E-state index in [4.69, 9.17) is 9.73 Å². The molecule has 1 aromatic carbocycles. The first-order valence-corrected chi connectivity index (χ1v) is 11.4. The quantitative estimate of drug-likeness (QED) is 0.319. The average Bonchev–Trinajstić information content (AvgIpc) is 2.76. The maximum atomic E-state index is 5.47. The van der Waals surface area contributed by atoms with Crippen LogP contribution in [0.4, 0.5) is 0 Å². The summed E-state index contributed by atoms with van der Waals surface area (Å²) >= 11 is 0. The molecule has 6 heteroatoms. The van der Waals surface area contributed by atoms with Gasteiger partial charge in [-0.15, -0.1) is 0 Å². The van der Waals surface area contributed by atoms with Crippen molar-refractivity contribution in [1.82, 2.24) is 20.4 Å². The molecule has 6 nitrogen and oxygen atoms in total. The Kier molecular flexibility index (Phi) is 11.7. The van der Waals surface area contributed by atoms with Crippen LogP contribution >= 0.6 is 0 Å². The Morgan fingerprint density at radius 2 is 1.76 bits per heavy atom. The fourth-order valence-electron chi connectivity index (χ4n) is 3.58. The maximum absolute atomic E-state index is 5.47. The summed E-state index contributed by atoms with van der Waals surface area (Å²) in [5, 5.41) is 6.87. The van der Waals surface area contributed by atoms with Crippen LogP contribution in [-0.4, -0.2) is 74.8 Å². The lowest BCUT2D eigenvalue weighted by atomic mass is 10.1. The molecule has 1 heterocycles. The maximum Gasteiger partial charge on any atom is 0.191 e. The van der Waals surface area contributed by atoms with Gasteiger partial charge >= 0.3 is 0 Å². The molecule has 0 atom stereocenters. The van der Waals surface area contributed by atoms with E-state index in [-0.39, 0.29) is 0 Å². The molecule has 1 fully saturated rings. The molecule has 0 spiro atoms. The minimum atomic E-state index is 0.704. The second-order valence-corrected chi connectivity index (χ2v) is 7.51. The van der Waals surface area contributed by atoms with Crippen molar-refractivity contribution in [3.05, 3.63) is 35.4 Å². The number of nitrogens with one attached hydrogen (secondary N) is 2. The number of benzene rings is 1. The van der Waals surface area contributed by atoms with Crippen LogP contribution in [0.3, 0.4) is 0 Å². The molecule has 1 aliphatic rings. The van der Waals surface area contributed by atoms with Crippen LogP contribution in [0, 0.1) is 0 Å². The van der Waals surface area contributed by atoms with Gasteiger partial charge in [-0.2, -0.15) is 0 Å². The summed E-state index contributed by atoms with van der Waals surface area (Å²) in [7, 11) is 0. The molecule has 0 aliphatic carbocycles. The monoisotopic (exact) mass is 403 g/mol. The van der Waals surface area contributed by atoms with Gasteiger partial charge in [-0.1, -0.05) is 38.1 Å². The highest BCUT2D eigenvalue weighted by Gasteiger charge is 2.12. The van der Waals surface area contributed by atoms with Gasteiger partial charge in [0.05, 0.1) is 19.8 Å². The van der Waals surface area contributed by atoms with Gasteiger partial charge in [-0.25, -0.2) is 4.99 Å². The molecule has 2 N–H and O–H groups in total. The highest BCUT2D eigenvalue weighted by Crippen LogP contribution is 2.14. The molecule has 1 aromatic rings. The number of aliphatic imine (C=N–C) groups is 1. The van der Waals surface area contributed by atoms with E-state index in [1.807, 2.05) is 0 Å². The SMILES string of the molecule is CCNC(=NCc1ccccc1CN1CCOCC1)NCCCCN(CC)CC. The number of morpholine rings is 1. The van der Waals surface area contributed by atoms with Gasteiger partial charge in [0.2, 0.25) is 0 Å². The van der Waals surface area contributed by atoms with E-state index in [9.17, 15) is 0 Å². The Hall–Kier alpha value is -1.63. The van der Waals surface area contributed by atoms with Crippen molar-refractivity contribution in [3.8, 4) is 0 Å². The second-order valence-electron chi connectivity index (χ2n) is 7.51. The summed E-state index contributed by atoms with van der Waals surface area (Å²) < 4.78 is 5.47. The zero-order chi connectivity index (χ0) is 20.7. The van der Waals surface area contributed by atoms with Gasteiger partial charge in [0.1, 0.15) is 0 Å². The van der Waals surface area contributed by atoms with E-state index >= 15 is 0 Å². The first-order valence-electron chi connectivity index (χ1n) is 11.4. The largest absolute Gasteiger partial charge is 0.379 e. The second kappa shape index (κ2) is 14.4. The molecular formula is C23H41N5O. The molecule has 164 valence electrons. The van der Waals surface area contributed by atoms with Crippen molar-refractivity contribution in [2.24, 2.45) is 4.99 Å². The van der Waals surface area contributed by atoms with Crippen molar-refractivity contribution in [2.45, 2.75) is 46.7 Å². The molecule has 0 amide bonds. The van der Waals surface area contributed by atoms with Crippen LogP contribution < -0.4 is 10.6 Å². The highest BCUT2D eigenvalue weighted by molar-refractivity contribution is 5.79. The summed E-state index contributed by atoms with van der Waals surface area (Å²) in [5.74, 6) is 0.913. The molecule has 0 bridgehead atoms. The third-order valence-electron chi connectivity index (χ3n) is 5.46. The normalized spacial score (nSPS) is 15.7. The number of hydrogen-bond acceptors (Lipinski definition) is 4. The minimum Gasteiger partial charge on any atom is -0.379 e. The third kappa shape index (κ3) is 9.15. The van der Waals surface area contributed by atoms with Crippen LogP contribution in [0.25, 0.3) is 0 Å². The Bertz CT molecular complexity index is 582. The van der Waals surface area contributed by atoms with Gasteiger partial charge in [0, 0.05) is 32.7 Å². The van der Waals surface area contributed by atoms with Crippen LogP contribution in [0.1, 0.15) is 44.7 Å². The first kappa shape index (κ1) is 23.6. The molecule has 29 heavy (non-hydrogen) atoms. The Morgan fingerprint density at radius 3 is 2.45 bits per heavy atom. The topological polar surface area (TPSA) is 52.1 Å². The van der Waals surface area contributed by atoms with E-state index in [0.717, 1.165) is 71.4 Å². The summed E-state index contributed by atoms with van der Waals surface area (Å²) in [6, 6.07) is 8.67. The van der Waals surface area contributed by atoms with Crippen LogP contribution in [0.2, 0.25) is 0 Å². The van der Waals surface area contributed by atoms with Crippen LogP contribution in [-0.2, 0) is 17.8 Å². The van der Waals surface area contributed by atoms with Crippen LogP contribution in [0.5, 0.6) is 0 Å². The van der Waals surface area contributed by atoms with Crippen molar-refractivity contribution in [3.63, 3.8) is 0 Å². The summed E-state index contributed by atoms with van der Waals surface area (Å²) in [6.45, 7) is 17.2. The number of ether oxygens (including phenoxy) is 1. The first-order chi connectivity index (χ1) is 14.3. The molecule has 0 radical (unpaired) electrons. The third-order valence-corrected chi connectivity index (χ3v) is 5.46. The molecule has 1 aliphatic heterocycles. The van der Waals surface area contributed by atoms with Crippen molar-refractivity contribution < 1.29 is 4.74 Å². The number of rotatable bonds is 12. The molecule has 0 aromatic heterocycles. The smallest absolute Gasteiger partial charge is 0.191 e. The number of guanidine groups is 1. The summed E-state index contributed by atoms with van der Waals surface area (Å²) in [6.07, 6.45) is 2.38. The lowest BCUT2D eigenvalue weighted by molar-refractivity contribution is 0.0341. The zero-order valence-corrected chi connectivity index (χ0v) is 18.8. The number of unbranched alkanes of at least 4 members (excludes halogenated alkanes) is 1. The van der Waals surface area contributed by atoms with Gasteiger partial charge in [-0.05, 0) is 50.5 Å². The molecule has 0 unspecified atom stereocenters. The number of nitrogens with zero attached hydrogens (tertiary/aromatic N) is 3. The van der Waals surface area contributed by atoms with Gasteiger partial charge in [0.25, 0.3) is 0 Å². The van der Waals surface area contributed by atoms with Gasteiger partial charge in [0.15, 0.2) is 5.96 Å². The Morgan fingerprint density at radius 1 is 1.03 bits per heavy atom. The van der Waals surface area contributed by atoms with E-state index in [0.29, 0.717) is 6.54 Å². The standard InChI is InChI=1S/C23H41N5O/c1-4-24-23(25-13-9-10-14-27(5-2)6-3)26-19-21-11-7-8-12-22(21)20-28-15-17-29-18-16-28/h7-8,11-12H,4-6,9-10,13-20H2,1-3H3,(H2,24,25,26). The average molecular weight is 404 g/mol. The fraction of sp³-hybridized carbons (Fsp3) is 0.696. The lowest BCUT2D eigenvalue weighted by Crippen LogP contribution is -2.38. The van der Waals surface area contributed by atoms with E-state index in [1.165, 1.54) is 24.1 Å². The fourth-order valence-corrected chi connectivity index (χ4v) is 3.58. The number of hydrogen-bond donors (Lipinski definition) is 2.